The molecule has 1 N–H and O–H groups in total. The van der Waals surface area contributed by atoms with Gasteiger partial charge in [0.15, 0.2) is 0 Å². The number of aromatic nitrogens is 2. The molecule has 160 valence electrons. The van der Waals surface area contributed by atoms with E-state index in [1.54, 1.807) is 41.9 Å². The largest absolute Gasteiger partial charge is 0.324 e. The third-order valence-corrected chi connectivity index (χ3v) is 6.64. The van der Waals surface area contributed by atoms with Crippen LogP contribution in [0.5, 0.6) is 0 Å². The topological polar surface area (TPSA) is 84.3 Å². The molecule has 8 heteroatoms. The van der Waals surface area contributed by atoms with Crippen molar-refractivity contribution in [2.24, 2.45) is 7.05 Å². The molecule has 7 nitrogen and oxygen atoms in total. The molecule has 4 rings (SSSR count). The summed E-state index contributed by atoms with van der Waals surface area (Å²) in [4.78, 5) is 40.0. The van der Waals surface area contributed by atoms with Gasteiger partial charge in [-0.05, 0) is 43.2 Å². The summed E-state index contributed by atoms with van der Waals surface area (Å²) >= 11 is 1.55. The number of aryl methyl sites for hydroxylation is 3. The van der Waals surface area contributed by atoms with Crippen LogP contribution in [0.25, 0.3) is 10.8 Å². The third-order valence-electron chi connectivity index (χ3n) is 5.63. The Hall–Kier alpha value is -3.13. The minimum Gasteiger partial charge on any atom is -0.324 e. The lowest BCUT2D eigenvalue weighted by Crippen LogP contribution is -2.45. The van der Waals surface area contributed by atoms with Crippen molar-refractivity contribution in [2.75, 3.05) is 16.9 Å². The number of rotatable bonds is 4. The summed E-state index contributed by atoms with van der Waals surface area (Å²) in [6, 6.07) is 12.4. The summed E-state index contributed by atoms with van der Waals surface area (Å²) in [7, 11) is 1.58. The van der Waals surface area contributed by atoms with Gasteiger partial charge in [0, 0.05) is 23.9 Å². The highest BCUT2D eigenvalue weighted by atomic mass is 32.2. The molecule has 1 fully saturated rings. The summed E-state index contributed by atoms with van der Waals surface area (Å²) in [5, 5.41) is 8.46. The zero-order chi connectivity index (χ0) is 22.1. The van der Waals surface area contributed by atoms with E-state index in [1.165, 1.54) is 4.68 Å². The fourth-order valence-corrected chi connectivity index (χ4v) is 4.88. The first-order valence-electron chi connectivity index (χ1n) is 10.1. The molecule has 3 aromatic rings. The fraction of sp³-hybridized carbons (Fsp3) is 0.304. The first-order chi connectivity index (χ1) is 14.8. The molecular formula is C23H24N4O3S. The van der Waals surface area contributed by atoms with Crippen molar-refractivity contribution in [1.82, 2.24) is 14.7 Å². The molecule has 1 aromatic heterocycles. The molecule has 2 aromatic carbocycles. The molecule has 0 saturated carbocycles. The van der Waals surface area contributed by atoms with E-state index in [2.05, 4.69) is 10.4 Å². The molecule has 1 atom stereocenters. The lowest BCUT2D eigenvalue weighted by Gasteiger charge is -2.23. The van der Waals surface area contributed by atoms with Crippen LogP contribution in [0.4, 0.5) is 5.69 Å². The van der Waals surface area contributed by atoms with Crippen molar-refractivity contribution < 1.29 is 9.59 Å². The summed E-state index contributed by atoms with van der Waals surface area (Å²) in [5.41, 5.74) is 3.31. The highest BCUT2D eigenvalue weighted by molar-refractivity contribution is 7.99. The van der Waals surface area contributed by atoms with Crippen LogP contribution in [0.2, 0.25) is 0 Å². The van der Waals surface area contributed by atoms with Gasteiger partial charge in [-0.3, -0.25) is 14.4 Å². The van der Waals surface area contributed by atoms with E-state index >= 15 is 0 Å². The Kier molecular flexibility index (Phi) is 5.82. The molecule has 1 saturated heterocycles. The summed E-state index contributed by atoms with van der Waals surface area (Å²) in [6.45, 7) is 4.02. The van der Waals surface area contributed by atoms with E-state index in [9.17, 15) is 14.4 Å². The molecule has 31 heavy (non-hydrogen) atoms. The van der Waals surface area contributed by atoms with Crippen LogP contribution in [-0.2, 0) is 23.1 Å². The number of benzene rings is 2. The Bertz CT molecular complexity index is 1240. The third kappa shape index (κ3) is 4.20. The second kappa shape index (κ2) is 8.55. The highest BCUT2D eigenvalue weighted by Crippen LogP contribution is 2.24. The Labute approximate surface area is 184 Å². The van der Waals surface area contributed by atoms with E-state index < -0.39 is 6.04 Å². The summed E-state index contributed by atoms with van der Waals surface area (Å²) in [6.07, 6.45) is 0.0304. The van der Waals surface area contributed by atoms with Crippen LogP contribution in [0.3, 0.4) is 0 Å². The number of anilines is 1. The lowest BCUT2D eigenvalue weighted by atomic mass is 10.1. The average molecular weight is 437 g/mol. The quantitative estimate of drug-likeness (QED) is 0.680. The number of amides is 2. The minimum atomic E-state index is -0.544. The van der Waals surface area contributed by atoms with Crippen molar-refractivity contribution in [3.8, 4) is 0 Å². The normalized spacial score (nSPS) is 16.0. The molecule has 0 bridgehead atoms. The van der Waals surface area contributed by atoms with Gasteiger partial charge < -0.3 is 10.2 Å². The van der Waals surface area contributed by atoms with E-state index in [0.717, 1.165) is 16.8 Å². The van der Waals surface area contributed by atoms with E-state index in [4.69, 9.17) is 0 Å². The van der Waals surface area contributed by atoms with Gasteiger partial charge in [-0.2, -0.15) is 5.10 Å². The zero-order valence-corrected chi connectivity index (χ0v) is 18.5. The minimum absolute atomic E-state index is 0.0304. The van der Waals surface area contributed by atoms with Crippen LogP contribution in [0, 0.1) is 13.8 Å². The van der Waals surface area contributed by atoms with Gasteiger partial charge in [0.2, 0.25) is 11.8 Å². The Morgan fingerprint density at radius 1 is 1.13 bits per heavy atom. The maximum absolute atomic E-state index is 13.1. The first-order valence-corrected chi connectivity index (χ1v) is 11.2. The zero-order valence-electron chi connectivity index (χ0n) is 17.7. The second-order valence-corrected chi connectivity index (χ2v) is 8.77. The van der Waals surface area contributed by atoms with Gasteiger partial charge in [-0.25, -0.2) is 4.68 Å². The molecule has 0 radical (unpaired) electrons. The van der Waals surface area contributed by atoms with E-state index in [0.29, 0.717) is 28.1 Å². The fourth-order valence-electron chi connectivity index (χ4n) is 3.70. The van der Waals surface area contributed by atoms with Crippen molar-refractivity contribution in [3.05, 3.63) is 69.6 Å². The smallest absolute Gasteiger partial charge is 0.274 e. The maximum Gasteiger partial charge on any atom is 0.274 e. The van der Waals surface area contributed by atoms with Gasteiger partial charge in [-0.15, -0.1) is 11.8 Å². The standard InChI is InChI=1S/C23H24N4O3S/c1-14-8-9-16(10-15(14)2)24-22(29)20-12-31-13-27(20)21(28)11-19-17-6-4-5-7-18(17)23(30)26(3)25-19/h4-10,20H,11-13H2,1-3H3,(H,24,29). The van der Waals surface area contributed by atoms with Crippen molar-refractivity contribution in [2.45, 2.75) is 26.3 Å². The molecule has 1 aliphatic rings. The van der Waals surface area contributed by atoms with Gasteiger partial charge in [0.05, 0.1) is 23.4 Å². The number of carbonyl (C=O) groups excluding carboxylic acids is 2. The predicted molar refractivity (Wildman–Crippen MR) is 123 cm³/mol. The molecular weight excluding hydrogens is 412 g/mol. The monoisotopic (exact) mass is 436 g/mol. The highest BCUT2D eigenvalue weighted by Gasteiger charge is 2.35. The lowest BCUT2D eigenvalue weighted by molar-refractivity contribution is -0.135. The Morgan fingerprint density at radius 3 is 2.61 bits per heavy atom. The Morgan fingerprint density at radius 2 is 1.87 bits per heavy atom. The molecule has 1 aliphatic heterocycles. The van der Waals surface area contributed by atoms with Crippen LogP contribution in [-0.4, -0.2) is 44.2 Å². The van der Waals surface area contributed by atoms with Crippen LogP contribution >= 0.6 is 11.8 Å². The van der Waals surface area contributed by atoms with Crippen molar-refractivity contribution >= 4 is 40.0 Å². The van der Waals surface area contributed by atoms with Gasteiger partial charge >= 0.3 is 0 Å². The summed E-state index contributed by atoms with van der Waals surface area (Å²) < 4.78 is 1.26. The number of hydrogen-bond acceptors (Lipinski definition) is 5. The first kappa shape index (κ1) is 21.1. The molecule has 0 aliphatic carbocycles. The van der Waals surface area contributed by atoms with Crippen LogP contribution in [0.15, 0.2) is 47.3 Å². The number of carbonyl (C=O) groups is 2. The van der Waals surface area contributed by atoms with Gasteiger partial charge in [0.1, 0.15) is 6.04 Å². The van der Waals surface area contributed by atoms with E-state index in [-0.39, 0.29) is 23.8 Å². The molecule has 1 unspecified atom stereocenters. The molecule has 2 amide bonds. The summed E-state index contributed by atoms with van der Waals surface area (Å²) in [5.74, 6) is 0.624. The maximum atomic E-state index is 13.1. The van der Waals surface area contributed by atoms with Crippen molar-refractivity contribution in [3.63, 3.8) is 0 Å². The van der Waals surface area contributed by atoms with Crippen LogP contribution in [0.1, 0.15) is 16.8 Å². The molecule has 2 heterocycles. The predicted octanol–water partition coefficient (Wildman–Crippen LogP) is 2.63. The number of nitrogens with zero attached hydrogens (tertiary/aromatic N) is 3. The van der Waals surface area contributed by atoms with Crippen molar-refractivity contribution in [1.29, 1.82) is 0 Å². The Balaban J connectivity index is 1.54. The van der Waals surface area contributed by atoms with Gasteiger partial charge in [-0.1, -0.05) is 24.3 Å². The number of thioether (sulfide) groups is 1. The second-order valence-electron chi connectivity index (χ2n) is 7.77. The number of hydrogen-bond donors (Lipinski definition) is 1. The average Bonchev–Trinajstić information content (AvgIpc) is 3.25. The van der Waals surface area contributed by atoms with Gasteiger partial charge in [0.25, 0.3) is 5.56 Å². The number of nitrogens with one attached hydrogen (secondary N) is 1. The van der Waals surface area contributed by atoms with Crippen LogP contribution < -0.4 is 10.9 Å². The SMILES string of the molecule is Cc1ccc(NC(=O)C2CSCN2C(=O)Cc2nn(C)c(=O)c3ccccc23)cc1C. The molecule has 0 spiro atoms. The number of fused-ring (bicyclic) bond motifs is 1. The van der Waals surface area contributed by atoms with E-state index in [1.807, 2.05) is 38.1 Å².